The molecule has 24 heavy (non-hydrogen) atoms. The van der Waals surface area contributed by atoms with Gasteiger partial charge in [-0.25, -0.2) is 0 Å². The molecule has 0 N–H and O–H groups in total. The van der Waals surface area contributed by atoms with Gasteiger partial charge in [-0.15, -0.1) is 0 Å². The number of pyridine rings is 1. The van der Waals surface area contributed by atoms with Crippen molar-refractivity contribution in [2.24, 2.45) is 17.8 Å². The van der Waals surface area contributed by atoms with Crippen LogP contribution in [-0.4, -0.2) is 45.6 Å². The SMILES string of the molecule is CCn1nc2c3c(cncc31)C(C=O)[C@@H](C1CN3CCC1CC3)C2. The molecule has 2 unspecified atom stereocenters. The van der Waals surface area contributed by atoms with E-state index in [1.54, 1.807) is 0 Å². The van der Waals surface area contributed by atoms with Crippen LogP contribution >= 0.6 is 0 Å². The summed E-state index contributed by atoms with van der Waals surface area (Å²) in [5, 5.41) is 6.06. The van der Waals surface area contributed by atoms with Crippen LogP contribution in [0.1, 0.15) is 36.9 Å². The minimum Gasteiger partial charge on any atom is -0.303 e. The largest absolute Gasteiger partial charge is 0.303 e. The van der Waals surface area contributed by atoms with Gasteiger partial charge in [-0.3, -0.25) is 9.67 Å². The van der Waals surface area contributed by atoms with Crippen LogP contribution in [0.4, 0.5) is 0 Å². The van der Waals surface area contributed by atoms with Crippen molar-refractivity contribution in [1.82, 2.24) is 19.7 Å². The van der Waals surface area contributed by atoms with Crippen LogP contribution < -0.4 is 0 Å². The number of piperidine rings is 3. The number of fused-ring (bicyclic) bond motifs is 3. The first-order valence-electron chi connectivity index (χ1n) is 9.31. The molecule has 0 aromatic carbocycles. The molecule has 2 aromatic rings. The second kappa shape index (κ2) is 5.38. The number of hydrogen-bond donors (Lipinski definition) is 0. The molecule has 0 amide bonds. The lowest BCUT2D eigenvalue weighted by Gasteiger charge is -2.49. The van der Waals surface area contributed by atoms with E-state index in [4.69, 9.17) is 5.10 Å². The number of hydrogen-bond acceptors (Lipinski definition) is 4. The molecule has 3 fully saturated rings. The first kappa shape index (κ1) is 14.6. The van der Waals surface area contributed by atoms with E-state index in [0.717, 1.165) is 36.5 Å². The number of rotatable bonds is 3. The number of aromatic nitrogens is 3. The highest BCUT2D eigenvalue weighted by molar-refractivity contribution is 5.89. The zero-order valence-electron chi connectivity index (χ0n) is 14.2. The third-order valence-electron chi connectivity index (χ3n) is 6.72. The molecular weight excluding hydrogens is 300 g/mol. The summed E-state index contributed by atoms with van der Waals surface area (Å²) in [6.45, 7) is 6.60. The Bertz CT molecular complexity index is 790. The molecule has 1 aliphatic carbocycles. The van der Waals surface area contributed by atoms with Gasteiger partial charge in [0, 0.05) is 30.6 Å². The highest BCUT2D eigenvalue weighted by Crippen LogP contribution is 2.47. The number of nitrogens with zero attached hydrogens (tertiary/aromatic N) is 4. The Morgan fingerprint density at radius 3 is 2.75 bits per heavy atom. The summed E-state index contributed by atoms with van der Waals surface area (Å²) >= 11 is 0. The van der Waals surface area contributed by atoms with E-state index in [0.29, 0.717) is 11.8 Å². The standard InChI is InChI=1S/C19H24N4O/c1-2-23-18-9-20-8-14-16(11-24)13(7-17(21-23)19(14)18)15-10-22-5-3-12(15)4-6-22/h8-9,11-13,15-16H,2-7,10H2,1H3/t13-,15?,16?/m1/s1. The molecule has 0 spiro atoms. The van der Waals surface area contributed by atoms with Crippen LogP contribution in [0.2, 0.25) is 0 Å². The van der Waals surface area contributed by atoms with E-state index in [9.17, 15) is 4.79 Å². The molecule has 5 heteroatoms. The van der Waals surface area contributed by atoms with Crippen LogP contribution in [0.25, 0.3) is 10.9 Å². The van der Waals surface area contributed by atoms with E-state index in [1.807, 2.05) is 17.1 Å². The maximum Gasteiger partial charge on any atom is 0.127 e. The molecule has 4 aliphatic rings. The Hall–Kier alpha value is -1.75. The van der Waals surface area contributed by atoms with E-state index in [-0.39, 0.29) is 5.92 Å². The zero-order chi connectivity index (χ0) is 16.3. The predicted octanol–water partition coefficient (Wildman–Crippen LogP) is 2.25. The zero-order valence-corrected chi connectivity index (χ0v) is 14.2. The van der Waals surface area contributed by atoms with Crippen molar-refractivity contribution in [1.29, 1.82) is 0 Å². The lowest BCUT2D eigenvalue weighted by atomic mass is 9.64. The first-order chi connectivity index (χ1) is 11.8. The Kier molecular flexibility index (Phi) is 3.27. The van der Waals surface area contributed by atoms with E-state index >= 15 is 0 Å². The molecule has 2 aromatic heterocycles. The lowest BCUT2D eigenvalue weighted by Crippen LogP contribution is -2.51. The third kappa shape index (κ3) is 1.94. The molecule has 5 heterocycles. The van der Waals surface area contributed by atoms with E-state index < -0.39 is 0 Å². The number of aryl methyl sites for hydroxylation is 1. The third-order valence-corrected chi connectivity index (χ3v) is 6.72. The normalized spacial score (nSPS) is 34.6. The van der Waals surface area contributed by atoms with Crippen molar-refractivity contribution in [2.45, 2.75) is 38.6 Å². The maximum absolute atomic E-state index is 12.1. The lowest BCUT2D eigenvalue weighted by molar-refractivity contribution is -0.111. The maximum atomic E-state index is 12.1. The van der Waals surface area contributed by atoms with Gasteiger partial charge in [0.05, 0.1) is 17.4 Å². The van der Waals surface area contributed by atoms with Crippen LogP contribution in [-0.2, 0) is 17.8 Å². The molecule has 126 valence electrons. The van der Waals surface area contributed by atoms with Crippen molar-refractivity contribution in [3.63, 3.8) is 0 Å². The topological polar surface area (TPSA) is 51.0 Å². The highest BCUT2D eigenvalue weighted by Gasteiger charge is 2.44. The molecule has 5 nitrogen and oxygen atoms in total. The summed E-state index contributed by atoms with van der Waals surface area (Å²) in [7, 11) is 0. The average Bonchev–Trinajstić information content (AvgIpc) is 3.02. The fourth-order valence-electron chi connectivity index (χ4n) is 5.53. The smallest absolute Gasteiger partial charge is 0.127 e. The molecule has 0 saturated carbocycles. The monoisotopic (exact) mass is 324 g/mol. The number of carbonyl (C=O) groups excluding carboxylic acids is 1. The predicted molar refractivity (Wildman–Crippen MR) is 91.9 cm³/mol. The second-order valence-corrected chi connectivity index (χ2v) is 7.72. The summed E-state index contributed by atoms with van der Waals surface area (Å²) in [6, 6.07) is 0. The van der Waals surface area contributed by atoms with Crippen molar-refractivity contribution in [3.8, 4) is 0 Å². The van der Waals surface area contributed by atoms with Gasteiger partial charge in [0.2, 0.25) is 0 Å². The molecule has 3 atom stereocenters. The molecule has 3 saturated heterocycles. The van der Waals surface area contributed by atoms with Gasteiger partial charge in [0.1, 0.15) is 6.29 Å². The number of aldehydes is 1. The van der Waals surface area contributed by atoms with Crippen molar-refractivity contribution in [3.05, 3.63) is 23.7 Å². The summed E-state index contributed by atoms with van der Waals surface area (Å²) < 4.78 is 2.04. The van der Waals surface area contributed by atoms with Crippen LogP contribution in [0.15, 0.2) is 12.4 Å². The molecular formula is C19H24N4O. The quantitative estimate of drug-likeness (QED) is 0.813. The van der Waals surface area contributed by atoms with Crippen molar-refractivity contribution >= 4 is 17.2 Å². The Labute approximate surface area is 142 Å². The van der Waals surface area contributed by atoms with Gasteiger partial charge in [0.15, 0.2) is 0 Å². The van der Waals surface area contributed by atoms with Gasteiger partial charge < -0.3 is 9.69 Å². The minimum absolute atomic E-state index is 0.0197. The second-order valence-electron chi connectivity index (χ2n) is 7.72. The van der Waals surface area contributed by atoms with Gasteiger partial charge in [-0.2, -0.15) is 5.10 Å². The summed E-state index contributed by atoms with van der Waals surface area (Å²) in [5.41, 5.74) is 3.39. The average molecular weight is 324 g/mol. The summed E-state index contributed by atoms with van der Waals surface area (Å²) in [4.78, 5) is 19.1. The number of carbonyl (C=O) groups is 1. The Morgan fingerprint density at radius 1 is 1.25 bits per heavy atom. The Balaban J connectivity index is 1.61. The van der Waals surface area contributed by atoms with Gasteiger partial charge >= 0.3 is 0 Å². The highest BCUT2D eigenvalue weighted by atomic mass is 16.1. The molecule has 2 bridgehead atoms. The molecule has 0 radical (unpaired) electrons. The van der Waals surface area contributed by atoms with E-state index in [2.05, 4.69) is 16.8 Å². The molecule has 6 rings (SSSR count). The van der Waals surface area contributed by atoms with Crippen LogP contribution in [0, 0.1) is 17.8 Å². The summed E-state index contributed by atoms with van der Waals surface area (Å²) in [6.07, 6.45) is 8.54. The van der Waals surface area contributed by atoms with Crippen LogP contribution in [0.5, 0.6) is 0 Å². The van der Waals surface area contributed by atoms with Crippen molar-refractivity contribution in [2.75, 3.05) is 19.6 Å². The van der Waals surface area contributed by atoms with Crippen molar-refractivity contribution < 1.29 is 4.79 Å². The van der Waals surface area contributed by atoms with Crippen LogP contribution in [0.3, 0.4) is 0 Å². The first-order valence-corrected chi connectivity index (χ1v) is 9.31. The fourth-order valence-corrected chi connectivity index (χ4v) is 5.53. The summed E-state index contributed by atoms with van der Waals surface area (Å²) in [5.74, 6) is 1.77. The fraction of sp³-hybridized carbons (Fsp3) is 0.632. The van der Waals surface area contributed by atoms with Gasteiger partial charge in [-0.1, -0.05) is 0 Å². The van der Waals surface area contributed by atoms with Gasteiger partial charge in [-0.05, 0) is 62.6 Å². The van der Waals surface area contributed by atoms with Gasteiger partial charge in [0.25, 0.3) is 0 Å². The van der Waals surface area contributed by atoms with E-state index in [1.165, 1.54) is 43.3 Å². The minimum atomic E-state index is -0.0197. The molecule has 3 aliphatic heterocycles. The Morgan fingerprint density at radius 2 is 2.08 bits per heavy atom.